The highest BCUT2D eigenvalue weighted by molar-refractivity contribution is 5.98. The van der Waals surface area contributed by atoms with E-state index in [2.05, 4.69) is 26.1 Å². The summed E-state index contributed by atoms with van der Waals surface area (Å²) in [6.45, 7) is 5.10. The van der Waals surface area contributed by atoms with Crippen LogP contribution in [-0.2, 0) is 25.6 Å². The Morgan fingerprint density at radius 3 is 2.33 bits per heavy atom. The number of nitrogens with one attached hydrogen (secondary N) is 3. The third-order valence-electron chi connectivity index (χ3n) is 7.68. The standard InChI is InChI=1S/C32H40N8O5/c1-21(2)15-27-32(45)38(4)22(3)29(42)37-26(16-23-9-6-5-7-10-23)30(43)33-13-14-39(18-28(41)36-27)31(44)24-11-8-12-25(17-24)40-19-34-35-20-40/h5-12,17,19-22,26-27H,13-16,18H2,1-4H3,(H,33,43)(H,36,41)(H,37,42)/t22-,26-,27-/m0/s1. The van der Waals surface area contributed by atoms with Gasteiger partial charge in [-0.25, -0.2) is 0 Å². The van der Waals surface area contributed by atoms with Crippen molar-refractivity contribution in [3.8, 4) is 5.69 Å². The van der Waals surface area contributed by atoms with Crippen molar-refractivity contribution in [1.29, 1.82) is 0 Å². The lowest BCUT2D eigenvalue weighted by Crippen LogP contribution is -2.57. The number of amides is 5. The number of hydrogen-bond donors (Lipinski definition) is 3. The Morgan fingerprint density at radius 1 is 0.933 bits per heavy atom. The predicted molar refractivity (Wildman–Crippen MR) is 166 cm³/mol. The summed E-state index contributed by atoms with van der Waals surface area (Å²) >= 11 is 0. The molecule has 13 nitrogen and oxygen atoms in total. The number of likely N-dealkylation sites (N-methyl/N-ethyl adjacent to an activating group) is 1. The number of rotatable bonds is 6. The van der Waals surface area contributed by atoms with Crippen molar-refractivity contribution in [1.82, 2.24) is 40.5 Å². The maximum atomic E-state index is 13.8. The monoisotopic (exact) mass is 616 g/mol. The van der Waals surface area contributed by atoms with E-state index in [0.29, 0.717) is 17.7 Å². The molecule has 238 valence electrons. The van der Waals surface area contributed by atoms with Crippen LogP contribution in [0.4, 0.5) is 0 Å². The Labute approximate surface area is 262 Å². The van der Waals surface area contributed by atoms with Crippen LogP contribution in [0.2, 0.25) is 0 Å². The molecule has 1 saturated heterocycles. The van der Waals surface area contributed by atoms with Gasteiger partial charge in [-0.1, -0.05) is 50.2 Å². The number of nitrogens with zero attached hydrogens (tertiary/aromatic N) is 5. The molecule has 0 radical (unpaired) electrons. The van der Waals surface area contributed by atoms with E-state index in [9.17, 15) is 24.0 Å². The van der Waals surface area contributed by atoms with Gasteiger partial charge in [0.25, 0.3) is 5.91 Å². The van der Waals surface area contributed by atoms with Crippen molar-refractivity contribution in [2.75, 3.05) is 26.7 Å². The van der Waals surface area contributed by atoms with Gasteiger partial charge in [-0.3, -0.25) is 28.5 Å². The van der Waals surface area contributed by atoms with E-state index in [0.717, 1.165) is 5.56 Å². The van der Waals surface area contributed by atoms with E-state index in [4.69, 9.17) is 0 Å². The summed E-state index contributed by atoms with van der Waals surface area (Å²) < 4.78 is 1.65. The van der Waals surface area contributed by atoms with Gasteiger partial charge >= 0.3 is 0 Å². The lowest BCUT2D eigenvalue weighted by Gasteiger charge is -2.30. The molecule has 1 fully saturated rings. The molecule has 2 heterocycles. The molecule has 3 aromatic rings. The Morgan fingerprint density at radius 2 is 1.64 bits per heavy atom. The van der Waals surface area contributed by atoms with E-state index in [1.165, 1.54) is 29.5 Å². The minimum absolute atomic E-state index is 0.0000451. The second-order valence-electron chi connectivity index (χ2n) is 11.6. The van der Waals surface area contributed by atoms with Crippen LogP contribution >= 0.6 is 0 Å². The molecule has 3 N–H and O–H groups in total. The van der Waals surface area contributed by atoms with Gasteiger partial charge in [0.15, 0.2) is 0 Å². The first-order valence-electron chi connectivity index (χ1n) is 15.0. The van der Waals surface area contributed by atoms with Gasteiger partial charge in [-0.15, -0.1) is 10.2 Å². The third-order valence-corrected chi connectivity index (χ3v) is 7.68. The third kappa shape index (κ3) is 8.74. The van der Waals surface area contributed by atoms with Crippen LogP contribution in [0.15, 0.2) is 67.3 Å². The lowest BCUT2D eigenvalue weighted by molar-refractivity contribution is -0.142. The number of hydrogen-bond acceptors (Lipinski definition) is 7. The highest BCUT2D eigenvalue weighted by Crippen LogP contribution is 2.14. The quantitative estimate of drug-likeness (QED) is 0.372. The fraction of sp³-hybridized carbons (Fsp3) is 0.406. The molecule has 3 atom stereocenters. The second kappa shape index (κ2) is 15.1. The molecule has 1 aliphatic rings. The van der Waals surface area contributed by atoms with Crippen molar-refractivity contribution in [3.05, 3.63) is 78.4 Å². The largest absolute Gasteiger partial charge is 0.353 e. The molecular weight excluding hydrogens is 576 g/mol. The molecule has 0 bridgehead atoms. The molecule has 45 heavy (non-hydrogen) atoms. The first-order valence-corrected chi connectivity index (χ1v) is 15.0. The Balaban J connectivity index is 1.64. The molecule has 1 aliphatic heterocycles. The highest BCUT2D eigenvalue weighted by atomic mass is 16.2. The van der Waals surface area contributed by atoms with Crippen LogP contribution in [0.5, 0.6) is 0 Å². The molecule has 5 amide bonds. The number of carbonyl (C=O) groups is 5. The van der Waals surface area contributed by atoms with Crippen LogP contribution < -0.4 is 16.0 Å². The molecule has 0 saturated carbocycles. The summed E-state index contributed by atoms with van der Waals surface area (Å²) in [5.41, 5.74) is 1.81. The zero-order valence-corrected chi connectivity index (χ0v) is 26.0. The van der Waals surface area contributed by atoms with Crippen molar-refractivity contribution < 1.29 is 24.0 Å². The van der Waals surface area contributed by atoms with E-state index in [1.807, 2.05) is 44.2 Å². The first kappa shape index (κ1) is 32.8. The molecule has 4 rings (SSSR count). The summed E-state index contributed by atoms with van der Waals surface area (Å²) in [5.74, 6) is -2.33. The van der Waals surface area contributed by atoms with Crippen LogP contribution in [0.3, 0.4) is 0 Å². The van der Waals surface area contributed by atoms with Gasteiger partial charge in [-0.05, 0) is 43.0 Å². The lowest BCUT2D eigenvalue weighted by atomic mass is 10.0. The molecule has 0 spiro atoms. The topological polar surface area (TPSA) is 159 Å². The van der Waals surface area contributed by atoms with Crippen LogP contribution in [0.1, 0.15) is 43.1 Å². The van der Waals surface area contributed by atoms with Crippen molar-refractivity contribution in [2.45, 2.75) is 51.7 Å². The Hall–Kier alpha value is -5.07. The van der Waals surface area contributed by atoms with E-state index < -0.39 is 47.7 Å². The summed E-state index contributed by atoms with van der Waals surface area (Å²) in [4.78, 5) is 70.1. The van der Waals surface area contributed by atoms with Gasteiger partial charge in [0, 0.05) is 37.8 Å². The molecule has 0 aliphatic carbocycles. The molecular formula is C32H40N8O5. The summed E-state index contributed by atoms with van der Waals surface area (Å²) in [5, 5.41) is 16.0. The van der Waals surface area contributed by atoms with E-state index in [1.54, 1.807) is 35.8 Å². The zero-order valence-electron chi connectivity index (χ0n) is 26.0. The van der Waals surface area contributed by atoms with Crippen LogP contribution in [0, 0.1) is 5.92 Å². The molecule has 13 heteroatoms. The van der Waals surface area contributed by atoms with Crippen LogP contribution in [0.25, 0.3) is 5.69 Å². The van der Waals surface area contributed by atoms with Gasteiger partial charge in [-0.2, -0.15) is 0 Å². The summed E-state index contributed by atoms with van der Waals surface area (Å²) in [6, 6.07) is 13.3. The minimum Gasteiger partial charge on any atom is -0.353 e. The Bertz CT molecular complexity index is 1490. The zero-order chi connectivity index (χ0) is 32.5. The Kier molecular flexibility index (Phi) is 11.0. The molecule has 0 unspecified atom stereocenters. The number of benzene rings is 2. The number of aromatic nitrogens is 3. The molecule has 1 aromatic heterocycles. The van der Waals surface area contributed by atoms with E-state index in [-0.39, 0.29) is 32.0 Å². The van der Waals surface area contributed by atoms with Crippen molar-refractivity contribution >= 4 is 29.5 Å². The van der Waals surface area contributed by atoms with Gasteiger partial charge in [0.2, 0.25) is 23.6 Å². The van der Waals surface area contributed by atoms with Crippen molar-refractivity contribution in [3.63, 3.8) is 0 Å². The fourth-order valence-electron chi connectivity index (χ4n) is 5.08. The SMILES string of the molecule is CC(C)C[C@@H]1NC(=O)CN(C(=O)c2cccc(-n3cnnc3)c2)CCNC(=O)[C@H](Cc2ccccc2)NC(=O)[C@H](C)N(C)C1=O. The minimum atomic E-state index is -0.938. The van der Waals surface area contributed by atoms with Gasteiger partial charge in [0.1, 0.15) is 30.8 Å². The molecule has 2 aromatic carbocycles. The predicted octanol–water partition coefficient (Wildman–Crippen LogP) is 0.945. The maximum absolute atomic E-state index is 13.8. The fourth-order valence-corrected chi connectivity index (χ4v) is 5.08. The average Bonchev–Trinajstić information content (AvgIpc) is 3.57. The van der Waals surface area contributed by atoms with Crippen molar-refractivity contribution in [2.24, 2.45) is 5.92 Å². The van der Waals surface area contributed by atoms with E-state index >= 15 is 0 Å². The summed E-state index contributed by atoms with van der Waals surface area (Å²) in [7, 11) is 1.50. The highest BCUT2D eigenvalue weighted by Gasteiger charge is 2.33. The van der Waals surface area contributed by atoms with Crippen LogP contribution in [-0.4, -0.2) is 98.9 Å². The normalized spacial score (nSPS) is 20.6. The first-order chi connectivity index (χ1) is 21.5. The number of carbonyl (C=O) groups excluding carboxylic acids is 5. The smallest absolute Gasteiger partial charge is 0.254 e. The average molecular weight is 617 g/mol. The maximum Gasteiger partial charge on any atom is 0.254 e. The second-order valence-corrected chi connectivity index (χ2v) is 11.6. The van der Waals surface area contributed by atoms with Gasteiger partial charge in [0.05, 0.1) is 6.54 Å². The van der Waals surface area contributed by atoms with Gasteiger partial charge < -0.3 is 25.8 Å². The summed E-state index contributed by atoms with van der Waals surface area (Å²) in [6.07, 6.45) is 3.56.